The second kappa shape index (κ2) is 18.7. The van der Waals surface area contributed by atoms with Crippen molar-refractivity contribution >= 4 is 66.7 Å². The summed E-state index contributed by atoms with van der Waals surface area (Å²) in [4.78, 5) is 35.0. The summed E-state index contributed by atoms with van der Waals surface area (Å²) in [5.41, 5.74) is 2.06. The van der Waals surface area contributed by atoms with Gasteiger partial charge in [0.25, 0.3) is 0 Å². The number of likely N-dealkylation sites (N-methyl/N-ethyl adjacent to an activating group) is 1. The Balaban J connectivity index is 1.31. The molecule has 3 heterocycles. The van der Waals surface area contributed by atoms with Crippen LogP contribution >= 0.6 is 22.7 Å². The molecule has 5 rings (SSSR count). The first kappa shape index (κ1) is 40.0. The molecule has 0 saturated carbocycles. The fourth-order valence-electron chi connectivity index (χ4n) is 5.62. The molecule has 0 aliphatic carbocycles. The number of halogens is 1. The monoisotopic (exact) mass is 774 g/mol. The molecule has 13 nitrogen and oxygen atoms in total. The van der Waals surface area contributed by atoms with Crippen LogP contribution in [0, 0.1) is 24.6 Å². The van der Waals surface area contributed by atoms with Crippen molar-refractivity contribution < 1.29 is 33.4 Å². The number of unbranched alkanes of at least 4 members (excludes halogenated alkanes) is 2. The number of hydrogen-bond acceptors (Lipinski definition) is 13. The van der Waals surface area contributed by atoms with Crippen LogP contribution in [0.5, 0.6) is 5.75 Å². The van der Waals surface area contributed by atoms with Crippen molar-refractivity contribution in [1.82, 2.24) is 25.5 Å². The van der Waals surface area contributed by atoms with Crippen LogP contribution in [0.15, 0.2) is 48.5 Å². The van der Waals surface area contributed by atoms with Crippen molar-refractivity contribution in [3.63, 3.8) is 0 Å². The number of hydrogen-bond donors (Lipinski definition) is 3. The highest BCUT2D eigenvalue weighted by Gasteiger charge is 2.22. The fraction of sp³-hybridized carbons (Fsp3) is 0.368. The lowest BCUT2D eigenvalue weighted by atomic mass is 10.2. The largest absolute Gasteiger partial charge is 0.543 e. The van der Waals surface area contributed by atoms with Crippen LogP contribution in [0.1, 0.15) is 52.2 Å². The Morgan fingerprint density at radius 2 is 1.87 bits per heavy atom. The van der Waals surface area contributed by atoms with E-state index in [1.165, 1.54) is 34.8 Å². The lowest BCUT2D eigenvalue weighted by Crippen LogP contribution is -2.44. The van der Waals surface area contributed by atoms with E-state index < -0.39 is 17.8 Å². The predicted molar refractivity (Wildman–Crippen MR) is 207 cm³/mol. The fourth-order valence-corrected chi connectivity index (χ4v) is 7.61. The second-order valence-corrected chi connectivity index (χ2v) is 15.3. The molecule has 0 spiro atoms. The summed E-state index contributed by atoms with van der Waals surface area (Å²) in [5, 5.41) is 37.8. The number of thiazole rings is 2. The standard InChI is InChI=1S/C38H43FN8O5S2/c1-25-22-32(44-45-35(25)43-37-41-28-13-6-7-14-30(28)53-37)46(19-8-5-9-20-47(3,4)24-33(48)49)38-42-34(36(50)51)31(54-38)15-11-21-52-29-17-16-26(23-27(29)39)12-10-18-40-2/h6-7,13-14,16-17,22-23,40H,5,8-9,11,15,18-21,24H2,1-4H3,(H2-,41,43,45,48,49,50,51). The van der Waals surface area contributed by atoms with Crippen LogP contribution in [0.3, 0.4) is 0 Å². The highest BCUT2D eigenvalue weighted by Crippen LogP contribution is 2.34. The van der Waals surface area contributed by atoms with Gasteiger partial charge in [-0.15, -0.1) is 21.5 Å². The van der Waals surface area contributed by atoms with Crippen LogP contribution in [0.2, 0.25) is 0 Å². The molecule has 0 saturated heterocycles. The Morgan fingerprint density at radius 1 is 1.06 bits per heavy atom. The molecule has 3 aromatic heterocycles. The zero-order valence-electron chi connectivity index (χ0n) is 30.6. The summed E-state index contributed by atoms with van der Waals surface area (Å²) in [6.45, 7) is 3.72. The highest BCUT2D eigenvalue weighted by atomic mass is 32.1. The SMILES string of the molecule is CNCC#Cc1ccc(OCCCc2sc(N(CCCCC[N+](C)(C)CC(=O)O)c3cc(C)c(Nc4nc5ccccc5s4)nn3)nc2C(=O)[O-])c(F)c1. The van der Waals surface area contributed by atoms with Crippen LogP contribution in [0.25, 0.3) is 10.2 Å². The molecule has 2 aromatic carbocycles. The van der Waals surface area contributed by atoms with Crippen molar-refractivity contribution in [2.45, 2.75) is 39.0 Å². The minimum atomic E-state index is -1.40. The minimum Gasteiger partial charge on any atom is -0.543 e. The second-order valence-electron chi connectivity index (χ2n) is 13.3. The number of anilines is 4. The number of carboxylic acids is 2. The van der Waals surface area contributed by atoms with E-state index in [0.717, 1.165) is 28.6 Å². The number of rotatable bonds is 19. The van der Waals surface area contributed by atoms with Crippen molar-refractivity contribution in [2.75, 3.05) is 64.1 Å². The van der Waals surface area contributed by atoms with Gasteiger partial charge >= 0.3 is 5.97 Å². The van der Waals surface area contributed by atoms with Gasteiger partial charge in [-0.1, -0.05) is 35.3 Å². The third kappa shape index (κ3) is 11.2. The van der Waals surface area contributed by atoms with E-state index in [4.69, 9.17) is 4.74 Å². The van der Waals surface area contributed by atoms with Gasteiger partial charge in [0.1, 0.15) is 5.69 Å². The molecule has 54 heavy (non-hydrogen) atoms. The lowest BCUT2D eigenvalue weighted by molar-refractivity contribution is -0.883. The van der Waals surface area contributed by atoms with E-state index >= 15 is 0 Å². The molecular weight excluding hydrogens is 732 g/mol. The predicted octanol–water partition coefficient (Wildman–Crippen LogP) is 5.15. The van der Waals surface area contributed by atoms with E-state index in [9.17, 15) is 24.2 Å². The first-order valence-electron chi connectivity index (χ1n) is 17.5. The summed E-state index contributed by atoms with van der Waals surface area (Å²) in [7, 11) is 5.56. The summed E-state index contributed by atoms with van der Waals surface area (Å²) >= 11 is 2.73. The number of carbonyl (C=O) groups is 2. The Bertz CT molecular complexity index is 2110. The number of carbonyl (C=O) groups excluding carboxylic acids is 1. The number of quaternary nitrogens is 1. The smallest absolute Gasteiger partial charge is 0.359 e. The summed E-state index contributed by atoms with van der Waals surface area (Å²) in [6.07, 6.45) is 3.01. The van der Waals surface area contributed by atoms with Gasteiger partial charge in [-0.3, -0.25) is 0 Å². The number of nitrogens with zero attached hydrogens (tertiary/aromatic N) is 6. The maximum atomic E-state index is 14.6. The van der Waals surface area contributed by atoms with Gasteiger partial charge in [0.2, 0.25) is 0 Å². The number of aromatic carboxylic acids is 1. The molecule has 16 heteroatoms. The van der Waals surface area contributed by atoms with E-state index in [0.29, 0.717) is 75.7 Å². The molecule has 0 amide bonds. The summed E-state index contributed by atoms with van der Waals surface area (Å²) in [6, 6.07) is 14.2. The first-order chi connectivity index (χ1) is 25.9. The molecule has 3 N–H and O–H groups in total. The summed E-state index contributed by atoms with van der Waals surface area (Å²) in [5.74, 6) is 4.12. The van der Waals surface area contributed by atoms with E-state index in [1.54, 1.807) is 13.1 Å². The first-order valence-corrected chi connectivity index (χ1v) is 19.1. The quantitative estimate of drug-likeness (QED) is 0.0575. The number of fused-ring (bicyclic) bond motifs is 1. The Morgan fingerprint density at radius 3 is 2.59 bits per heavy atom. The molecule has 0 radical (unpaired) electrons. The Kier molecular flexibility index (Phi) is 13.9. The lowest BCUT2D eigenvalue weighted by Gasteiger charge is -2.28. The topological polar surface area (TPSA) is 166 Å². The molecule has 0 fully saturated rings. The third-order valence-corrected chi connectivity index (χ3v) is 10.4. The van der Waals surface area contributed by atoms with Crippen LogP contribution in [-0.4, -0.2) is 95.6 Å². The molecule has 0 aliphatic heterocycles. The minimum absolute atomic E-state index is 0.0327. The van der Waals surface area contributed by atoms with E-state index in [2.05, 4.69) is 42.6 Å². The zero-order chi connectivity index (χ0) is 38.7. The maximum absolute atomic E-state index is 14.6. The number of aliphatic carboxylic acids is 1. The van der Waals surface area contributed by atoms with Gasteiger partial charge in [-0.05, 0) is 88.0 Å². The van der Waals surface area contributed by atoms with E-state index in [1.807, 2.05) is 56.3 Å². The van der Waals surface area contributed by atoms with Crippen LogP contribution < -0.4 is 25.4 Å². The van der Waals surface area contributed by atoms with Gasteiger partial charge in [-0.2, -0.15) is 0 Å². The molecular formula is C38H43FN8O5S2. The van der Waals surface area contributed by atoms with Gasteiger partial charge in [0.15, 0.2) is 40.0 Å². The molecule has 0 aliphatic rings. The summed E-state index contributed by atoms with van der Waals surface area (Å²) < 4.78 is 21.7. The Labute approximate surface area is 321 Å². The van der Waals surface area contributed by atoms with Crippen molar-refractivity contribution in [1.29, 1.82) is 0 Å². The van der Waals surface area contributed by atoms with Crippen LogP contribution in [-0.2, 0) is 11.2 Å². The maximum Gasteiger partial charge on any atom is 0.359 e. The average Bonchev–Trinajstić information content (AvgIpc) is 3.73. The molecule has 0 atom stereocenters. The third-order valence-electron chi connectivity index (χ3n) is 8.32. The van der Waals surface area contributed by atoms with Crippen LogP contribution in [0.4, 0.5) is 26.3 Å². The molecule has 0 unspecified atom stereocenters. The van der Waals surface area contributed by atoms with Gasteiger partial charge in [-0.25, -0.2) is 19.2 Å². The number of aryl methyl sites for hydroxylation is 2. The highest BCUT2D eigenvalue weighted by molar-refractivity contribution is 7.22. The zero-order valence-corrected chi connectivity index (χ0v) is 32.3. The molecule has 284 valence electrons. The number of benzene rings is 2. The van der Waals surface area contributed by atoms with Crippen molar-refractivity contribution in [3.8, 4) is 17.6 Å². The number of aromatic nitrogens is 4. The van der Waals surface area contributed by atoms with Crippen molar-refractivity contribution in [2.24, 2.45) is 0 Å². The van der Waals surface area contributed by atoms with Crippen molar-refractivity contribution in [3.05, 3.63) is 76.0 Å². The van der Waals surface area contributed by atoms with Gasteiger partial charge in [0.05, 0.1) is 50.0 Å². The Hall–Kier alpha value is -5.21. The number of carboxylic acid groups (broad SMARTS) is 2. The van der Waals surface area contributed by atoms with Gasteiger partial charge < -0.3 is 39.8 Å². The number of nitrogens with one attached hydrogen (secondary N) is 2. The van der Waals surface area contributed by atoms with E-state index in [-0.39, 0.29) is 24.6 Å². The molecule has 5 aromatic rings. The number of para-hydroxylation sites is 1. The number of ether oxygens (including phenoxy) is 1. The average molecular weight is 775 g/mol. The van der Waals surface area contributed by atoms with Gasteiger partial charge in [0, 0.05) is 17.0 Å². The normalized spacial score (nSPS) is 11.3. The molecule has 0 bridgehead atoms.